The van der Waals surface area contributed by atoms with Crippen molar-refractivity contribution >= 4 is 11.6 Å². The van der Waals surface area contributed by atoms with Gasteiger partial charge in [-0.2, -0.15) is 0 Å². The molecule has 0 saturated heterocycles. The molecule has 0 bridgehead atoms. The van der Waals surface area contributed by atoms with E-state index in [1.165, 1.54) is 0 Å². The van der Waals surface area contributed by atoms with Gasteiger partial charge in [0.05, 0.1) is 5.02 Å². The third-order valence-electron chi connectivity index (χ3n) is 2.50. The van der Waals surface area contributed by atoms with Crippen LogP contribution < -0.4 is 10.5 Å². The second-order valence-electron chi connectivity index (χ2n) is 3.98. The summed E-state index contributed by atoms with van der Waals surface area (Å²) in [5.74, 6) is 1.43. The van der Waals surface area contributed by atoms with E-state index in [0.29, 0.717) is 23.9 Å². The van der Waals surface area contributed by atoms with Gasteiger partial charge < -0.3 is 15.0 Å². The molecule has 0 saturated carbocycles. The average molecular weight is 267 g/mol. The highest BCUT2D eigenvalue weighted by Gasteiger charge is 2.09. The lowest BCUT2D eigenvalue weighted by molar-refractivity contribution is 0.285. The quantitative estimate of drug-likeness (QED) is 0.904. The fraction of sp³-hybridized carbons (Fsp3) is 0.308. The molecule has 18 heavy (non-hydrogen) atoms. The normalized spacial score (nSPS) is 10.6. The van der Waals surface area contributed by atoms with E-state index in [1.54, 1.807) is 6.07 Å². The Morgan fingerprint density at radius 1 is 1.44 bits per heavy atom. The van der Waals surface area contributed by atoms with Crippen LogP contribution in [0.25, 0.3) is 0 Å². The van der Waals surface area contributed by atoms with Crippen LogP contribution >= 0.6 is 11.6 Å². The number of halogens is 1. The standard InChI is InChI=1S/C13H15ClN2O2/c1-9-7-11(16-18-9)8-17-13-10(5-6-15)3-2-4-12(13)14/h2-4,7H,5-6,8,15H2,1H3. The molecule has 1 aromatic heterocycles. The maximum absolute atomic E-state index is 6.13. The Morgan fingerprint density at radius 3 is 2.94 bits per heavy atom. The first-order valence-electron chi connectivity index (χ1n) is 5.73. The van der Waals surface area contributed by atoms with Gasteiger partial charge in [0.15, 0.2) is 0 Å². The van der Waals surface area contributed by atoms with E-state index in [-0.39, 0.29) is 0 Å². The molecule has 0 unspecified atom stereocenters. The highest BCUT2D eigenvalue weighted by molar-refractivity contribution is 6.32. The van der Waals surface area contributed by atoms with Crippen molar-refractivity contribution in [3.05, 3.63) is 46.3 Å². The number of nitrogens with zero attached hydrogens (tertiary/aromatic N) is 1. The van der Waals surface area contributed by atoms with E-state index in [0.717, 1.165) is 23.4 Å². The van der Waals surface area contributed by atoms with Gasteiger partial charge in [-0.25, -0.2) is 0 Å². The molecular formula is C13H15ClN2O2. The second-order valence-corrected chi connectivity index (χ2v) is 4.39. The topological polar surface area (TPSA) is 61.3 Å². The zero-order valence-corrected chi connectivity index (χ0v) is 10.9. The van der Waals surface area contributed by atoms with Gasteiger partial charge in [-0.3, -0.25) is 0 Å². The second kappa shape index (κ2) is 5.89. The molecule has 0 aliphatic heterocycles. The average Bonchev–Trinajstić information content (AvgIpc) is 2.75. The van der Waals surface area contributed by atoms with Crippen molar-refractivity contribution in [2.45, 2.75) is 20.0 Å². The molecule has 0 atom stereocenters. The highest BCUT2D eigenvalue weighted by Crippen LogP contribution is 2.29. The van der Waals surface area contributed by atoms with E-state index in [4.69, 9.17) is 26.6 Å². The molecule has 96 valence electrons. The van der Waals surface area contributed by atoms with Gasteiger partial charge in [0, 0.05) is 6.07 Å². The predicted molar refractivity (Wildman–Crippen MR) is 69.8 cm³/mol. The number of aryl methyl sites for hydroxylation is 1. The lowest BCUT2D eigenvalue weighted by atomic mass is 10.1. The van der Waals surface area contributed by atoms with Crippen molar-refractivity contribution in [3.8, 4) is 5.75 Å². The van der Waals surface area contributed by atoms with Gasteiger partial charge in [-0.1, -0.05) is 28.9 Å². The van der Waals surface area contributed by atoms with E-state index in [2.05, 4.69) is 5.16 Å². The van der Waals surface area contributed by atoms with Crippen molar-refractivity contribution in [2.24, 2.45) is 5.73 Å². The van der Waals surface area contributed by atoms with Gasteiger partial charge in [-0.05, 0) is 31.5 Å². The summed E-state index contributed by atoms with van der Waals surface area (Å²) in [6, 6.07) is 7.48. The zero-order chi connectivity index (χ0) is 13.0. The minimum atomic E-state index is 0.332. The molecule has 5 heteroatoms. The molecule has 0 radical (unpaired) electrons. The SMILES string of the molecule is Cc1cc(COc2c(Cl)cccc2CCN)no1. The summed E-state index contributed by atoms with van der Waals surface area (Å²) < 4.78 is 10.7. The summed E-state index contributed by atoms with van der Waals surface area (Å²) >= 11 is 6.13. The number of aromatic nitrogens is 1. The fourth-order valence-corrected chi connectivity index (χ4v) is 1.95. The molecule has 2 rings (SSSR count). The lowest BCUT2D eigenvalue weighted by Gasteiger charge is -2.11. The molecule has 2 aromatic rings. The molecular weight excluding hydrogens is 252 g/mol. The van der Waals surface area contributed by atoms with Crippen LogP contribution in [0.1, 0.15) is 17.0 Å². The molecule has 0 fully saturated rings. The largest absolute Gasteiger partial charge is 0.485 e. The van der Waals surface area contributed by atoms with Crippen LogP contribution in [0, 0.1) is 6.92 Å². The number of hydrogen-bond acceptors (Lipinski definition) is 4. The maximum atomic E-state index is 6.13. The van der Waals surface area contributed by atoms with Crippen LogP contribution in [0.2, 0.25) is 5.02 Å². The Bertz CT molecular complexity index is 525. The van der Waals surface area contributed by atoms with E-state index >= 15 is 0 Å². The van der Waals surface area contributed by atoms with Gasteiger partial charge in [0.2, 0.25) is 0 Å². The summed E-state index contributed by atoms with van der Waals surface area (Å²) in [5, 5.41) is 4.45. The lowest BCUT2D eigenvalue weighted by Crippen LogP contribution is -2.06. The molecule has 0 aliphatic carbocycles. The number of benzene rings is 1. The number of para-hydroxylation sites is 1. The summed E-state index contributed by atoms with van der Waals surface area (Å²) in [5.41, 5.74) is 7.31. The van der Waals surface area contributed by atoms with E-state index in [9.17, 15) is 0 Å². The molecule has 0 aliphatic rings. The van der Waals surface area contributed by atoms with Crippen LogP contribution in [0.5, 0.6) is 5.75 Å². The predicted octanol–water partition coefficient (Wildman–Crippen LogP) is 2.72. The number of hydrogen-bond donors (Lipinski definition) is 1. The third kappa shape index (κ3) is 3.03. The van der Waals surface area contributed by atoms with E-state index in [1.807, 2.05) is 25.1 Å². The molecule has 1 heterocycles. The smallest absolute Gasteiger partial charge is 0.141 e. The minimum Gasteiger partial charge on any atom is -0.485 e. The van der Waals surface area contributed by atoms with Crippen LogP contribution in [-0.2, 0) is 13.0 Å². The van der Waals surface area contributed by atoms with Crippen molar-refractivity contribution in [3.63, 3.8) is 0 Å². The molecule has 0 amide bonds. The summed E-state index contributed by atoms with van der Waals surface area (Å²) in [4.78, 5) is 0. The van der Waals surface area contributed by atoms with Crippen LogP contribution in [0.3, 0.4) is 0 Å². The van der Waals surface area contributed by atoms with Crippen LogP contribution in [-0.4, -0.2) is 11.7 Å². The van der Waals surface area contributed by atoms with Crippen molar-refractivity contribution < 1.29 is 9.26 Å². The molecule has 1 aromatic carbocycles. The molecule has 0 spiro atoms. The van der Waals surface area contributed by atoms with Crippen LogP contribution in [0.15, 0.2) is 28.8 Å². The summed E-state index contributed by atoms with van der Waals surface area (Å²) in [6.07, 6.45) is 0.730. The Balaban J connectivity index is 2.12. The third-order valence-corrected chi connectivity index (χ3v) is 2.80. The van der Waals surface area contributed by atoms with Crippen LogP contribution in [0.4, 0.5) is 0 Å². The van der Waals surface area contributed by atoms with Crippen molar-refractivity contribution in [1.29, 1.82) is 0 Å². The Hall–Kier alpha value is -1.52. The van der Waals surface area contributed by atoms with E-state index < -0.39 is 0 Å². The van der Waals surface area contributed by atoms with Crippen molar-refractivity contribution in [2.75, 3.05) is 6.54 Å². The first-order chi connectivity index (χ1) is 8.70. The first-order valence-corrected chi connectivity index (χ1v) is 6.11. The summed E-state index contributed by atoms with van der Waals surface area (Å²) in [7, 11) is 0. The van der Waals surface area contributed by atoms with Crippen molar-refractivity contribution in [1.82, 2.24) is 5.16 Å². The number of nitrogens with two attached hydrogens (primary N) is 1. The van der Waals surface area contributed by atoms with Gasteiger partial charge in [-0.15, -0.1) is 0 Å². The number of ether oxygens (including phenoxy) is 1. The maximum Gasteiger partial charge on any atom is 0.141 e. The minimum absolute atomic E-state index is 0.332. The Morgan fingerprint density at radius 2 is 2.28 bits per heavy atom. The highest BCUT2D eigenvalue weighted by atomic mass is 35.5. The molecule has 2 N–H and O–H groups in total. The zero-order valence-electron chi connectivity index (χ0n) is 10.1. The Kier molecular flexibility index (Phi) is 4.23. The fourth-order valence-electron chi connectivity index (χ4n) is 1.70. The molecule has 4 nitrogen and oxygen atoms in total. The Labute approximate surface area is 111 Å². The summed E-state index contributed by atoms with van der Waals surface area (Å²) in [6.45, 7) is 2.73. The van der Waals surface area contributed by atoms with Gasteiger partial charge in [0.1, 0.15) is 23.8 Å². The van der Waals surface area contributed by atoms with Gasteiger partial charge >= 0.3 is 0 Å². The van der Waals surface area contributed by atoms with Gasteiger partial charge in [0.25, 0.3) is 0 Å². The number of rotatable bonds is 5. The monoisotopic (exact) mass is 266 g/mol. The first kappa shape index (κ1) is 12.9.